The fourth-order valence-corrected chi connectivity index (χ4v) is 0.233. The third-order valence-corrected chi connectivity index (χ3v) is 0.576. The van der Waals surface area contributed by atoms with Crippen molar-refractivity contribution >= 4 is 11.9 Å². The SMILES string of the molecule is O=C(O)C#CC(F)F.O=C(O)C#CC(F)F. The van der Waals surface area contributed by atoms with Crippen molar-refractivity contribution < 1.29 is 37.4 Å². The number of carboxylic acids is 2. The molecule has 0 saturated carbocycles. The predicted molar refractivity (Wildman–Crippen MR) is 42.8 cm³/mol. The normalized spacial score (nSPS) is 7.88. The second-order valence-electron chi connectivity index (χ2n) is 1.75. The van der Waals surface area contributed by atoms with Crippen LogP contribution in [0.15, 0.2) is 0 Å². The summed E-state index contributed by atoms with van der Waals surface area (Å²) in [4.78, 5) is 18.8. The minimum Gasteiger partial charge on any atom is -0.472 e. The van der Waals surface area contributed by atoms with Crippen molar-refractivity contribution in [3.63, 3.8) is 0 Å². The van der Waals surface area contributed by atoms with E-state index in [0.29, 0.717) is 0 Å². The Morgan fingerprint density at radius 2 is 1.06 bits per heavy atom. The molecule has 0 spiro atoms. The molecule has 0 heterocycles. The van der Waals surface area contributed by atoms with Crippen molar-refractivity contribution in [2.45, 2.75) is 12.9 Å². The average molecular weight is 240 g/mol. The van der Waals surface area contributed by atoms with E-state index in [1.807, 2.05) is 0 Å². The van der Waals surface area contributed by atoms with Gasteiger partial charge in [0.15, 0.2) is 0 Å². The maximum Gasteiger partial charge on any atom is 0.382 e. The second-order valence-corrected chi connectivity index (χ2v) is 1.75. The summed E-state index contributed by atoms with van der Waals surface area (Å²) < 4.78 is 43.8. The van der Waals surface area contributed by atoms with Crippen molar-refractivity contribution in [1.29, 1.82) is 0 Å². The van der Waals surface area contributed by atoms with E-state index in [1.54, 1.807) is 0 Å². The summed E-state index contributed by atoms with van der Waals surface area (Å²) in [5, 5.41) is 15.3. The molecule has 0 aliphatic rings. The minimum atomic E-state index is -2.86. The minimum absolute atomic E-state index is 1.16. The Balaban J connectivity index is 0. The molecular formula is C8H4F4O4. The largest absolute Gasteiger partial charge is 0.472 e. The standard InChI is InChI=1S/2C4H2F2O2/c2*5-3(6)1-2-4(7)8/h2*3H,(H,7,8). The summed E-state index contributed by atoms with van der Waals surface area (Å²) in [5.41, 5.74) is 0. The molecule has 0 fully saturated rings. The van der Waals surface area contributed by atoms with Crippen molar-refractivity contribution in [2.75, 3.05) is 0 Å². The summed E-state index contributed by atoms with van der Waals surface area (Å²) in [6.07, 6.45) is -5.71. The summed E-state index contributed by atoms with van der Waals surface area (Å²) >= 11 is 0. The zero-order valence-electron chi connectivity index (χ0n) is 7.38. The molecule has 0 aromatic rings. The predicted octanol–water partition coefficient (Wildman–Crippen LogP) is 0.679. The van der Waals surface area contributed by atoms with E-state index in [9.17, 15) is 27.2 Å². The fraction of sp³-hybridized carbons (Fsp3) is 0.250. The van der Waals surface area contributed by atoms with E-state index in [1.165, 1.54) is 11.8 Å². The molecule has 2 N–H and O–H groups in total. The number of rotatable bonds is 0. The lowest BCUT2D eigenvalue weighted by Gasteiger charge is -1.75. The van der Waals surface area contributed by atoms with Crippen LogP contribution in [0.2, 0.25) is 0 Å². The van der Waals surface area contributed by atoms with Gasteiger partial charge in [-0.05, 0) is 11.8 Å². The number of alkyl halides is 4. The molecule has 0 rings (SSSR count). The van der Waals surface area contributed by atoms with E-state index in [0.717, 1.165) is 11.8 Å². The van der Waals surface area contributed by atoms with Crippen LogP contribution in [0.25, 0.3) is 0 Å². The molecule has 0 amide bonds. The summed E-state index contributed by atoms with van der Waals surface area (Å²) in [6.45, 7) is 0. The van der Waals surface area contributed by atoms with Crippen molar-refractivity contribution in [2.24, 2.45) is 0 Å². The van der Waals surface area contributed by atoms with E-state index in [2.05, 4.69) is 0 Å². The Bertz CT molecular complexity index is 320. The van der Waals surface area contributed by atoms with E-state index < -0.39 is 24.8 Å². The van der Waals surface area contributed by atoms with Crippen LogP contribution in [0.5, 0.6) is 0 Å². The monoisotopic (exact) mass is 240 g/mol. The first-order valence-electron chi connectivity index (χ1n) is 3.31. The number of halogens is 4. The first kappa shape index (κ1) is 16.2. The Morgan fingerprint density at radius 3 is 1.12 bits per heavy atom. The highest BCUT2D eigenvalue weighted by molar-refractivity contribution is 5.86. The maximum atomic E-state index is 11.0. The van der Waals surface area contributed by atoms with Gasteiger partial charge in [-0.15, -0.1) is 0 Å². The van der Waals surface area contributed by atoms with Crippen LogP contribution < -0.4 is 0 Å². The highest BCUT2D eigenvalue weighted by atomic mass is 19.3. The number of hydrogen-bond donors (Lipinski definition) is 2. The molecule has 0 saturated heterocycles. The van der Waals surface area contributed by atoms with Crippen molar-refractivity contribution in [3.05, 3.63) is 0 Å². The number of hydrogen-bond acceptors (Lipinski definition) is 2. The summed E-state index contributed by atoms with van der Waals surface area (Å²) in [5.74, 6) is 1.77. The van der Waals surface area contributed by atoms with Gasteiger partial charge < -0.3 is 10.2 Å². The van der Waals surface area contributed by atoms with Crippen molar-refractivity contribution in [3.8, 4) is 23.7 Å². The van der Waals surface area contributed by atoms with Crippen molar-refractivity contribution in [1.82, 2.24) is 0 Å². The van der Waals surface area contributed by atoms with E-state index in [4.69, 9.17) is 10.2 Å². The van der Waals surface area contributed by atoms with Gasteiger partial charge in [-0.2, -0.15) is 17.6 Å². The van der Waals surface area contributed by atoms with Gasteiger partial charge in [-0.3, -0.25) is 0 Å². The van der Waals surface area contributed by atoms with Gasteiger partial charge in [0.05, 0.1) is 0 Å². The molecule has 0 aromatic carbocycles. The fourth-order valence-electron chi connectivity index (χ4n) is 0.233. The Hall–Kier alpha value is -2.22. The van der Waals surface area contributed by atoms with E-state index >= 15 is 0 Å². The summed E-state index contributed by atoms with van der Waals surface area (Å²) in [7, 11) is 0. The zero-order valence-corrected chi connectivity index (χ0v) is 7.38. The van der Waals surface area contributed by atoms with Gasteiger partial charge in [0, 0.05) is 11.8 Å². The van der Waals surface area contributed by atoms with Gasteiger partial charge in [0.1, 0.15) is 0 Å². The molecule has 16 heavy (non-hydrogen) atoms. The number of carboxylic acid groups (broad SMARTS) is 2. The third kappa shape index (κ3) is 22.6. The lowest BCUT2D eigenvalue weighted by atomic mass is 10.6. The van der Waals surface area contributed by atoms with Gasteiger partial charge in [0.2, 0.25) is 0 Å². The highest BCUT2D eigenvalue weighted by Gasteiger charge is 1.93. The molecule has 8 heteroatoms. The van der Waals surface area contributed by atoms with Crippen LogP contribution in [-0.2, 0) is 9.59 Å². The Kier molecular flexibility index (Phi) is 9.47. The molecule has 4 nitrogen and oxygen atoms in total. The van der Waals surface area contributed by atoms with Crippen LogP contribution >= 0.6 is 0 Å². The van der Waals surface area contributed by atoms with Gasteiger partial charge in [-0.25, -0.2) is 9.59 Å². The molecule has 0 aliphatic carbocycles. The number of carbonyl (C=O) groups is 2. The molecule has 88 valence electrons. The molecule has 0 bridgehead atoms. The lowest BCUT2D eigenvalue weighted by Crippen LogP contribution is -1.89. The average Bonchev–Trinajstić information content (AvgIpc) is 2.12. The molecule has 0 atom stereocenters. The number of aliphatic carboxylic acids is 2. The molecule has 0 aromatic heterocycles. The first-order valence-corrected chi connectivity index (χ1v) is 3.31. The molecule has 0 aliphatic heterocycles. The van der Waals surface area contributed by atoms with E-state index in [-0.39, 0.29) is 0 Å². The maximum absolute atomic E-state index is 11.0. The topological polar surface area (TPSA) is 74.6 Å². The van der Waals surface area contributed by atoms with Crippen LogP contribution in [-0.4, -0.2) is 35.0 Å². The van der Waals surface area contributed by atoms with Crippen LogP contribution in [0.4, 0.5) is 17.6 Å². The Labute approximate surface area is 86.9 Å². The molecule has 0 radical (unpaired) electrons. The lowest BCUT2D eigenvalue weighted by molar-refractivity contribution is -0.131. The van der Waals surface area contributed by atoms with Crippen LogP contribution in [0.1, 0.15) is 0 Å². The second kappa shape index (κ2) is 9.34. The first-order chi connectivity index (χ1) is 7.25. The third-order valence-electron chi connectivity index (χ3n) is 0.576. The Morgan fingerprint density at radius 1 is 0.812 bits per heavy atom. The van der Waals surface area contributed by atoms with Crippen LogP contribution in [0, 0.1) is 23.7 Å². The van der Waals surface area contributed by atoms with Gasteiger partial charge in [0.25, 0.3) is 12.9 Å². The van der Waals surface area contributed by atoms with Gasteiger partial charge >= 0.3 is 11.9 Å². The van der Waals surface area contributed by atoms with Gasteiger partial charge in [-0.1, -0.05) is 0 Å². The highest BCUT2D eigenvalue weighted by Crippen LogP contribution is 1.85. The zero-order chi connectivity index (χ0) is 13.1. The van der Waals surface area contributed by atoms with Crippen LogP contribution in [0.3, 0.4) is 0 Å². The smallest absolute Gasteiger partial charge is 0.382 e. The molecule has 0 unspecified atom stereocenters. The quantitative estimate of drug-likeness (QED) is 0.482. The molecular weight excluding hydrogens is 236 g/mol. The summed E-state index contributed by atoms with van der Waals surface area (Å²) in [6, 6.07) is 0.